The second-order valence-electron chi connectivity index (χ2n) is 4.94. The van der Waals surface area contributed by atoms with E-state index < -0.39 is 0 Å². The first kappa shape index (κ1) is 15.7. The van der Waals surface area contributed by atoms with Gasteiger partial charge in [0.2, 0.25) is 0 Å². The third-order valence-electron chi connectivity index (χ3n) is 3.76. The number of hydrogen-bond donors (Lipinski definition) is 2. The average molecular weight is 264 g/mol. The number of rotatable bonds is 8. The molecule has 0 radical (unpaired) electrons. The van der Waals surface area contributed by atoms with Gasteiger partial charge in [0.15, 0.2) is 0 Å². The average Bonchev–Trinajstić information content (AvgIpc) is 2.41. The van der Waals surface area contributed by atoms with Crippen molar-refractivity contribution < 1.29 is 0 Å². The Morgan fingerprint density at radius 3 is 2.21 bits per heavy atom. The summed E-state index contributed by atoms with van der Waals surface area (Å²) in [6.07, 6.45) is 4.95. The van der Waals surface area contributed by atoms with Crippen molar-refractivity contribution in [2.75, 3.05) is 17.2 Å². The largest absolute Gasteiger partial charge is 0.370 e. The highest BCUT2D eigenvalue weighted by Crippen LogP contribution is 2.23. The van der Waals surface area contributed by atoms with E-state index in [0.717, 1.165) is 24.6 Å². The molecule has 1 aromatic rings. The van der Waals surface area contributed by atoms with Crippen LogP contribution in [0.2, 0.25) is 0 Å². The molecular formula is C15H28N4. The van der Waals surface area contributed by atoms with E-state index in [9.17, 15) is 0 Å². The van der Waals surface area contributed by atoms with Crippen molar-refractivity contribution in [1.29, 1.82) is 0 Å². The first-order chi connectivity index (χ1) is 9.17. The van der Waals surface area contributed by atoms with Crippen molar-refractivity contribution in [2.24, 2.45) is 5.92 Å². The van der Waals surface area contributed by atoms with Gasteiger partial charge in [-0.25, -0.2) is 9.97 Å². The number of nitrogens with zero attached hydrogens (tertiary/aromatic N) is 2. The molecule has 0 saturated heterocycles. The summed E-state index contributed by atoms with van der Waals surface area (Å²) in [6.45, 7) is 11.8. The molecule has 2 N–H and O–H groups in total. The minimum atomic E-state index is 0.435. The molecule has 0 aliphatic heterocycles. The molecule has 0 fully saturated rings. The predicted molar refractivity (Wildman–Crippen MR) is 82.7 cm³/mol. The zero-order valence-electron chi connectivity index (χ0n) is 13.0. The van der Waals surface area contributed by atoms with Crippen LogP contribution in [0.5, 0.6) is 0 Å². The van der Waals surface area contributed by atoms with Crippen molar-refractivity contribution >= 4 is 11.6 Å². The van der Waals surface area contributed by atoms with E-state index in [1.165, 1.54) is 18.4 Å². The van der Waals surface area contributed by atoms with Crippen LogP contribution in [-0.4, -0.2) is 22.6 Å². The SMILES string of the molecule is CCNc1ncnc(NC(C)C(CC)CC)c1CC. The Bertz CT molecular complexity index is 374. The second kappa shape index (κ2) is 7.97. The molecule has 1 unspecified atom stereocenters. The van der Waals surface area contributed by atoms with Crippen LogP contribution in [0.15, 0.2) is 6.33 Å². The molecule has 1 rings (SSSR count). The van der Waals surface area contributed by atoms with Gasteiger partial charge in [0, 0.05) is 18.2 Å². The first-order valence-electron chi connectivity index (χ1n) is 7.52. The Kier molecular flexibility index (Phi) is 6.60. The quantitative estimate of drug-likeness (QED) is 0.751. The maximum Gasteiger partial charge on any atom is 0.134 e. The van der Waals surface area contributed by atoms with Crippen LogP contribution >= 0.6 is 0 Å². The minimum Gasteiger partial charge on any atom is -0.370 e. The molecule has 108 valence electrons. The maximum absolute atomic E-state index is 4.42. The summed E-state index contributed by atoms with van der Waals surface area (Å²) in [5.74, 6) is 2.62. The molecule has 4 nitrogen and oxygen atoms in total. The zero-order valence-corrected chi connectivity index (χ0v) is 13.0. The van der Waals surface area contributed by atoms with Gasteiger partial charge in [0.25, 0.3) is 0 Å². The highest BCUT2D eigenvalue weighted by Gasteiger charge is 2.16. The van der Waals surface area contributed by atoms with Gasteiger partial charge in [0.05, 0.1) is 0 Å². The summed E-state index contributed by atoms with van der Waals surface area (Å²) in [6, 6.07) is 0.435. The van der Waals surface area contributed by atoms with Crippen LogP contribution in [0.1, 0.15) is 53.0 Å². The Morgan fingerprint density at radius 2 is 1.68 bits per heavy atom. The highest BCUT2D eigenvalue weighted by atomic mass is 15.1. The zero-order chi connectivity index (χ0) is 14.3. The lowest BCUT2D eigenvalue weighted by Gasteiger charge is -2.24. The number of hydrogen-bond acceptors (Lipinski definition) is 4. The van der Waals surface area contributed by atoms with E-state index in [-0.39, 0.29) is 0 Å². The van der Waals surface area contributed by atoms with Gasteiger partial charge in [-0.15, -0.1) is 0 Å². The van der Waals surface area contributed by atoms with Crippen LogP contribution in [0.3, 0.4) is 0 Å². The third kappa shape index (κ3) is 4.08. The van der Waals surface area contributed by atoms with Crippen molar-refractivity contribution in [1.82, 2.24) is 9.97 Å². The standard InChI is InChI=1S/C15H28N4/c1-6-12(7-2)11(5)19-15-13(8-3)14(16-9-4)17-10-18-15/h10-12H,6-9H2,1-5H3,(H2,16,17,18,19). The third-order valence-corrected chi connectivity index (χ3v) is 3.76. The van der Waals surface area contributed by atoms with E-state index >= 15 is 0 Å². The summed E-state index contributed by atoms with van der Waals surface area (Å²) in [5.41, 5.74) is 1.18. The summed E-state index contributed by atoms with van der Waals surface area (Å²) in [4.78, 5) is 8.75. The molecule has 1 aromatic heterocycles. The molecule has 4 heteroatoms. The topological polar surface area (TPSA) is 49.8 Å². The Hall–Kier alpha value is -1.32. The van der Waals surface area contributed by atoms with E-state index in [1.54, 1.807) is 6.33 Å². The van der Waals surface area contributed by atoms with Crippen LogP contribution < -0.4 is 10.6 Å². The first-order valence-corrected chi connectivity index (χ1v) is 7.52. The lowest BCUT2D eigenvalue weighted by Crippen LogP contribution is -2.26. The van der Waals surface area contributed by atoms with Crippen molar-refractivity contribution in [3.8, 4) is 0 Å². The maximum atomic E-state index is 4.42. The Morgan fingerprint density at radius 1 is 1.05 bits per heavy atom. The molecule has 19 heavy (non-hydrogen) atoms. The molecular weight excluding hydrogens is 236 g/mol. The fourth-order valence-corrected chi connectivity index (χ4v) is 2.52. The van der Waals surface area contributed by atoms with Gasteiger partial charge in [0.1, 0.15) is 18.0 Å². The molecule has 0 aliphatic rings. The fourth-order valence-electron chi connectivity index (χ4n) is 2.52. The molecule has 0 bridgehead atoms. The highest BCUT2D eigenvalue weighted by molar-refractivity contribution is 5.57. The minimum absolute atomic E-state index is 0.435. The molecule has 0 aliphatic carbocycles. The van der Waals surface area contributed by atoms with Crippen LogP contribution in [0, 0.1) is 5.92 Å². The normalized spacial score (nSPS) is 12.5. The Balaban J connectivity index is 2.90. The van der Waals surface area contributed by atoms with Gasteiger partial charge in [-0.1, -0.05) is 33.6 Å². The van der Waals surface area contributed by atoms with E-state index in [4.69, 9.17) is 0 Å². The molecule has 0 spiro atoms. The van der Waals surface area contributed by atoms with E-state index in [2.05, 4.69) is 55.2 Å². The van der Waals surface area contributed by atoms with Gasteiger partial charge in [-0.05, 0) is 26.2 Å². The van der Waals surface area contributed by atoms with E-state index in [1.807, 2.05) is 0 Å². The lowest BCUT2D eigenvalue weighted by molar-refractivity contribution is 0.437. The summed E-state index contributed by atoms with van der Waals surface area (Å²) in [7, 11) is 0. The number of anilines is 2. The monoisotopic (exact) mass is 264 g/mol. The molecule has 0 amide bonds. The van der Waals surface area contributed by atoms with Gasteiger partial charge in [-0.2, -0.15) is 0 Å². The Labute approximate surface area is 117 Å². The van der Waals surface area contributed by atoms with Crippen molar-refractivity contribution in [3.05, 3.63) is 11.9 Å². The molecule has 0 aromatic carbocycles. The molecule has 0 saturated carbocycles. The second-order valence-corrected chi connectivity index (χ2v) is 4.94. The van der Waals surface area contributed by atoms with Crippen LogP contribution in [-0.2, 0) is 6.42 Å². The molecule has 1 atom stereocenters. The number of aromatic nitrogens is 2. The fraction of sp³-hybridized carbons (Fsp3) is 0.733. The summed E-state index contributed by atoms with van der Waals surface area (Å²) in [5, 5.41) is 6.88. The summed E-state index contributed by atoms with van der Waals surface area (Å²) < 4.78 is 0. The van der Waals surface area contributed by atoms with Crippen LogP contribution in [0.25, 0.3) is 0 Å². The van der Waals surface area contributed by atoms with Crippen molar-refractivity contribution in [2.45, 2.75) is 59.9 Å². The van der Waals surface area contributed by atoms with Crippen molar-refractivity contribution in [3.63, 3.8) is 0 Å². The predicted octanol–water partition coefficient (Wildman–Crippen LogP) is 3.71. The van der Waals surface area contributed by atoms with Gasteiger partial charge < -0.3 is 10.6 Å². The smallest absolute Gasteiger partial charge is 0.134 e. The van der Waals surface area contributed by atoms with Crippen LogP contribution in [0.4, 0.5) is 11.6 Å². The number of nitrogens with one attached hydrogen (secondary N) is 2. The van der Waals surface area contributed by atoms with Gasteiger partial charge >= 0.3 is 0 Å². The van der Waals surface area contributed by atoms with E-state index in [0.29, 0.717) is 12.0 Å². The lowest BCUT2D eigenvalue weighted by atomic mass is 9.95. The summed E-state index contributed by atoms with van der Waals surface area (Å²) >= 11 is 0. The molecule has 1 heterocycles. The van der Waals surface area contributed by atoms with Gasteiger partial charge in [-0.3, -0.25) is 0 Å².